The SMILES string of the molecule is N[C@@H]1CCC[C@H]1CC(=O)Nc1ccc(OC2CCCC2)cc1. The van der Waals surface area contributed by atoms with Gasteiger partial charge in [0, 0.05) is 18.2 Å². The maximum Gasteiger partial charge on any atom is 0.224 e. The van der Waals surface area contributed by atoms with E-state index in [-0.39, 0.29) is 11.9 Å². The fourth-order valence-electron chi connectivity index (χ4n) is 3.58. The van der Waals surface area contributed by atoms with Crippen LogP contribution in [-0.4, -0.2) is 18.1 Å². The highest BCUT2D eigenvalue weighted by Crippen LogP contribution is 2.28. The summed E-state index contributed by atoms with van der Waals surface area (Å²) in [6, 6.07) is 7.89. The molecule has 2 fully saturated rings. The van der Waals surface area contributed by atoms with Gasteiger partial charge in [-0.05, 0) is 68.7 Å². The third-order valence-electron chi connectivity index (χ3n) is 4.91. The quantitative estimate of drug-likeness (QED) is 0.875. The number of ether oxygens (including phenoxy) is 1. The molecule has 2 aliphatic rings. The van der Waals surface area contributed by atoms with Crippen LogP contribution >= 0.6 is 0 Å². The average Bonchev–Trinajstić information content (AvgIpc) is 3.14. The molecule has 0 heterocycles. The molecular formula is C18H26N2O2. The molecule has 0 aliphatic heterocycles. The monoisotopic (exact) mass is 302 g/mol. The highest BCUT2D eigenvalue weighted by Gasteiger charge is 2.26. The first kappa shape index (κ1) is 15.3. The number of carbonyl (C=O) groups excluding carboxylic acids is 1. The van der Waals surface area contributed by atoms with Crippen molar-refractivity contribution in [3.05, 3.63) is 24.3 Å². The molecule has 1 amide bonds. The topological polar surface area (TPSA) is 64.4 Å². The summed E-state index contributed by atoms with van der Waals surface area (Å²) in [5.41, 5.74) is 6.85. The third kappa shape index (κ3) is 4.01. The van der Waals surface area contributed by atoms with Crippen LogP contribution in [-0.2, 0) is 4.79 Å². The molecule has 22 heavy (non-hydrogen) atoms. The molecule has 0 unspecified atom stereocenters. The van der Waals surface area contributed by atoms with Crippen LogP contribution in [0.2, 0.25) is 0 Å². The van der Waals surface area contributed by atoms with Crippen LogP contribution in [0, 0.1) is 5.92 Å². The number of rotatable bonds is 5. The minimum absolute atomic E-state index is 0.0619. The van der Waals surface area contributed by atoms with E-state index in [4.69, 9.17) is 10.5 Å². The Morgan fingerprint density at radius 1 is 1.09 bits per heavy atom. The maximum atomic E-state index is 12.1. The number of nitrogens with one attached hydrogen (secondary N) is 1. The van der Waals surface area contributed by atoms with Crippen molar-refractivity contribution in [2.45, 2.75) is 63.5 Å². The number of nitrogens with two attached hydrogens (primary N) is 1. The smallest absolute Gasteiger partial charge is 0.224 e. The fraction of sp³-hybridized carbons (Fsp3) is 0.611. The van der Waals surface area contributed by atoms with E-state index >= 15 is 0 Å². The molecule has 4 heteroatoms. The van der Waals surface area contributed by atoms with Crippen molar-refractivity contribution < 1.29 is 9.53 Å². The van der Waals surface area contributed by atoms with Crippen molar-refractivity contribution in [1.29, 1.82) is 0 Å². The van der Waals surface area contributed by atoms with E-state index in [1.165, 1.54) is 12.8 Å². The van der Waals surface area contributed by atoms with E-state index in [0.717, 1.165) is 43.5 Å². The standard InChI is InChI=1S/C18H26N2O2/c19-17-7-3-4-13(17)12-18(21)20-14-8-10-16(11-9-14)22-15-5-1-2-6-15/h8-11,13,15,17H,1-7,12,19H2,(H,20,21)/t13-,17+/m0/s1. The van der Waals surface area contributed by atoms with Gasteiger partial charge in [0.25, 0.3) is 0 Å². The number of benzene rings is 1. The van der Waals surface area contributed by atoms with Crippen molar-refractivity contribution in [3.63, 3.8) is 0 Å². The Bertz CT molecular complexity index is 494. The molecule has 2 saturated carbocycles. The van der Waals surface area contributed by atoms with Crippen LogP contribution in [0.1, 0.15) is 51.4 Å². The summed E-state index contributed by atoms with van der Waals surface area (Å²) >= 11 is 0. The van der Waals surface area contributed by atoms with Gasteiger partial charge in [0.15, 0.2) is 0 Å². The van der Waals surface area contributed by atoms with Gasteiger partial charge in [-0.1, -0.05) is 6.42 Å². The van der Waals surface area contributed by atoms with Crippen molar-refractivity contribution in [3.8, 4) is 5.75 Å². The minimum atomic E-state index is 0.0619. The Balaban J connectivity index is 1.48. The van der Waals surface area contributed by atoms with Gasteiger partial charge in [-0.2, -0.15) is 0 Å². The number of hydrogen-bond donors (Lipinski definition) is 2. The normalized spacial score (nSPS) is 25.3. The van der Waals surface area contributed by atoms with E-state index in [1.807, 2.05) is 24.3 Å². The zero-order valence-electron chi connectivity index (χ0n) is 13.1. The summed E-state index contributed by atoms with van der Waals surface area (Å²) in [6.07, 6.45) is 9.00. The number of amides is 1. The average molecular weight is 302 g/mol. The van der Waals surface area contributed by atoms with Crippen LogP contribution in [0.4, 0.5) is 5.69 Å². The van der Waals surface area contributed by atoms with Crippen LogP contribution in [0.5, 0.6) is 5.75 Å². The molecule has 2 atom stereocenters. The minimum Gasteiger partial charge on any atom is -0.490 e. The van der Waals surface area contributed by atoms with E-state index in [1.54, 1.807) is 0 Å². The van der Waals surface area contributed by atoms with Gasteiger partial charge in [0.05, 0.1) is 6.10 Å². The Morgan fingerprint density at radius 2 is 1.82 bits per heavy atom. The number of carbonyl (C=O) groups is 1. The highest BCUT2D eigenvalue weighted by atomic mass is 16.5. The van der Waals surface area contributed by atoms with Gasteiger partial charge in [0.1, 0.15) is 5.75 Å². The molecule has 0 saturated heterocycles. The second-order valence-electron chi connectivity index (χ2n) is 6.66. The van der Waals surface area contributed by atoms with E-state index in [9.17, 15) is 4.79 Å². The lowest BCUT2D eigenvalue weighted by molar-refractivity contribution is -0.117. The van der Waals surface area contributed by atoms with Crippen LogP contribution < -0.4 is 15.8 Å². The molecule has 0 aromatic heterocycles. The summed E-state index contributed by atoms with van der Waals surface area (Å²) in [7, 11) is 0. The predicted octanol–water partition coefficient (Wildman–Crippen LogP) is 3.46. The van der Waals surface area contributed by atoms with Gasteiger partial charge in [-0.15, -0.1) is 0 Å². The van der Waals surface area contributed by atoms with Crippen molar-refractivity contribution in [2.24, 2.45) is 11.7 Å². The first-order chi connectivity index (χ1) is 10.7. The molecule has 120 valence electrons. The van der Waals surface area contributed by atoms with Gasteiger partial charge in [-0.25, -0.2) is 0 Å². The summed E-state index contributed by atoms with van der Waals surface area (Å²) in [5.74, 6) is 1.29. The first-order valence-corrected chi connectivity index (χ1v) is 8.53. The second kappa shape index (κ2) is 7.14. The van der Waals surface area contributed by atoms with Crippen molar-refractivity contribution in [2.75, 3.05) is 5.32 Å². The van der Waals surface area contributed by atoms with E-state index < -0.39 is 0 Å². The Hall–Kier alpha value is -1.55. The molecular weight excluding hydrogens is 276 g/mol. The van der Waals surface area contributed by atoms with Gasteiger partial charge < -0.3 is 15.8 Å². The molecule has 1 aromatic rings. The highest BCUT2D eigenvalue weighted by molar-refractivity contribution is 5.90. The maximum absolute atomic E-state index is 12.1. The molecule has 1 aromatic carbocycles. The lowest BCUT2D eigenvalue weighted by Crippen LogP contribution is -2.28. The van der Waals surface area contributed by atoms with Crippen LogP contribution in [0.15, 0.2) is 24.3 Å². The zero-order chi connectivity index (χ0) is 15.4. The Morgan fingerprint density at radius 3 is 2.45 bits per heavy atom. The molecule has 3 N–H and O–H groups in total. The molecule has 0 radical (unpaired) electrons. The molecule has 2 aliphatic carbocycles. The van der Waals surface area contributed by atoms with Gasteiger partial charge >= 0.3 is 0 Å². The van der Waals surface area contributed by atoms with Crippen molar-refractivity contribution in [1.82, 2.24) is 0 Å². The summed E-state index contributed by atoms with van der Waals surface area (Å²) in [5, 5.41) is 2.96. The molecule has 0 spiro atoms. The second-order valence-corrected chi connectivity index (χ2v) is 6.66. The summed E-state index contributed by atoms with van der Waals surface area (Å²) < 4.78 is 5.93. The predicted molar refractivity (Wildman–Crippen MR) is 87.9 cm³/mol. The third-order valence-corrected chi connectivity index (χ3v) is 4.91. The largest absolute Gasteiger partial charge is 0.490 e. The van der Waals surface area contributed by atoms with Gasteiger partial charge in [0.2, 0.25) is 5.91 Å². The lowest BCUT2D eigenvalue weighted by Gasteiger charge is -2.15. The Kier molecular flexibility index (Phi) is 4.98. The first-order valence-electron chi connectivity index (χ1n) is 8.53. The number of hydrogen-bond acceptors (Lipinski definition) is 3. The van der Waals surface area contributed by atoms with E-state index in [2.05, 4.69) is 5.32 Å². The summed E-state index contributed by atoms with van der Waals surface area (Å²) in [6.45, 7) is 0. The Labute approximate surface area is 132 Å². The molecule has 0 bridgehead atoms. The van der Waals surface area contributed by atoms with Crippen LogP contribution in [0.25, 0.3) is 0 Å². The van der Waals surface area contributed by atoms with Gasteiger partial charge in [-0.3, -0.25) is 4.79 Å². The van der Waals surface area contributed by atoms with Crippen LogP contribution in [0.3, 0.4) is 0 Å². The summed E-state index contributed by atoms with van der Waals surface area (Å²) in [4.78, 5) is 12.1. The lowest BCUT2D eigenvalue weighted by atomic mass is 10.00. The van der Waals surface area contributed by atoms with Crippen molar-refractivity contribution >= 4 is 11.6 Å². The number of anilines is 1. The molecule has 4 nitrogen and oxygen atoms in total. The van der Waals surface area contributed by atoms with E-state index in [0.29, 0.717) is 18.4 Å². The fourth-order valence-corrected chi connectivity index (χ4v) is 3.58. The molecule has 3 rings (SSSR count). The zero-order valence-corrected chi connectivity index (χ0v) is 13.1.